The average Bonchev–Trinajstić information content (AvgIpc) is 3.33. The Kier molecular flexibility index (Phi) is 5.87. The molecule has 7 heteroatoms. The lowest BCUT2D eigenvalue weighted by molar-refractivity contribution is -0.126. The molecule has 6 nitrogen and oxygen atoms in total. The van der Waals surface area contributed by atoms with Crippen LogP contribution in [0.25, 0.3) is 21.7 Å². The van der Waals surface area contributed by atoms with Gasteiger partial charge in [-0.3, -0.25) is 9.59 Å². The molecule has 0 radical (unpaired) electrons. The Bertz CT molecular complexity index is 1720. The predicted octanol–water partition coefficient (Wildman–Crippen LogP) is 5.90. The quantitative estimate of drug-likeness (QED) is 0.208. The van der Waals surface area contributed by atoms with Crippen LogP contribution in [0.5, 0.6) is 0 Å². The van der Waals surface area contributed by atoms with Gasteiger partial charge >= 0.3 is 0 Å². The molecule has 2 aliphatic heterocycles. The van der Waals surface area contributed by atoms with Crippen molar-refractivity contribution < 1.29 is 14.3 Å². The molecule has 0 bridgehead atoms. The number of hydrogen-bond donors (Lipinski definition) is 0. The van der Waals surface area contributed by atoms with E-state index in [1.807, 2.05) is 36.4 Å². The number of carbonyl (C=O) groups excluding carboxylic acids is 2. The summed E-state index contributed by atoms with van der Waals surface area (Å²) in [5, 5.41) is 2.88. The summed E-state index contributed by atoms with van der Waals surface area (Å²) >= 11 is 6.70. The molecule has 7 rings (SSSR count). The van der Waals surface area contributed by atoms with Crippen molar-refractivity contribution in [1.29, 1.82) is 0 Å². The fraction of sp³-hybridized carbons (Fsp3) is 0.188. The highest BCUT2D eigenvalue weighted by atomic mass is 35.5. The Hall–Kier alpha value is -4.13. The van der Waals surface area contributed by atoms with Crippen LogP contribution >= 0.6 is 11.6 Å². The van der Waals surface area contributed by atoms with Gasteiger partial charge in [-0.15, -0.1) is 11.6 Å². The number of anilines is 2. The summed E-state index contributed by atoms with van der Waals surface area (Å²) in [7, 11) is 0. The Morgan fingerprint density at radius 2 is 1.54 bits per heavy atom. The fourth-order valence-corrected chi connectivity index (χ4v) is 6.23. The highest BCUT2D eigenvalue weighted by Crippen LogP contribution is 2.45. The molecule has 5 aromatic rings. The molecular formula is C32H26ClN3O3. The van der Waals surface area contributed by atoms with Crippen LogP contribution in [-0.4, -0.2) is 41.5 Å². The van der Waals surface area contributed by atoms with Gasteiger partial charge in [0.15, 0.2) is 0 Å². The number of nitrogens with zero attached hydrogens (tertiary/aromatic N) is 3. The van der Waals surface area contributed by atoms with Crippen molar-refractivity contribution in [1.82, 2.24) is 4.57 Å². The molecule has 0 N–H and O–H groups in total. The van der Waals surface area contributed by atoms with E-state index < -0.39 is 5.38 Å². The number of morpholine rings is 1. The van der Waals surface area contributed by atoms with Crippen LogP contribution in [0, 0.1) is 0 Å². The first-order valence-electron chi connectivity index (χ1n) is 13.1. The minimum Gasteiger partial charge on any atom is -0.370 e. The Morgan fingerprint density at radius 3 is 2.36 bits per heavy atom. The lowest BCUT2D eigenvalue weighted by atomic mass is 9.92. The molecule has 2 atom stereocenters. The summed E-state index contributed by atoms with van der Waals surface area (Å²) in [6, 6.07) is 30.3. The number of carbonyl (C=O) groups is 2. The minimum absolute atomic E-state index is 0.0632. The molecule has 3 heterocycles. The first kappa shape index (κ1) is 23.9. The van der Waals surface area contributed by atoms with Crippen LogP contribution in [0.3, 0.4) is 0 Å². The van der Waals surface area contributed by atoms with Gasteiger partial charge in [0.25, 0.3) is 5.91 Å². The zero-order chi connectivity index (χ0) is 26.5. The minimum atomic E-state index is -0.651. The molecule has 0 aliphatic carbocycles. The SMILES string of the molecule is O=C1COCCN1c1ccc(N2C(=O)C(Cl)C2c2cn(Cc3cccc4ccccc34)c3ccccc23)cc1. The molecule has 0 spiro atoms. The first-order chi connectivity index (χ1) is 19.1. The number of halogens is 1. The smallest absolute Gasteiger partial charge is 0.253 e. The van der Waals surface area contributed by atoms with E-state index in [-0.39, 0.29) is 24.5 Å². The molecule has 0 saturated carbocycles. The van der Waals surface area contributed by atoms with Crippen molar-refractivity contribution in [2.45, 2.75) is 18.0 Å². The van der Waals surface area contributed by atoms with Crippen LogP contribution in [0.2, 0.25) is 0 Å². The molecule has 194 valence electrons. The number of ether oxygens (including phenoxy) is 1. The molecular weight excluding hydrogens is 510 g/mol. The zero-order valence-electron chi connectivity index (χ0n) is 21.2. The highest BCUT2D eigenvalue weighted by molar-refractivity contribution is 6.37. The van der Waals surface area contributed by atoms with Crippen LogP contribution in [0.1, 0.15) is 17.2 Å². The number of alkyl halides is 1. The topological polar surface area (TPSA) is 54.8 Å². The average molecular weight is 536 g/mol. The van der Waals surface area contributed by atoms with Gasteiger partial charge < -0.3 is 19.1 Å². The third-order valence-electron chi connectivity index (χ3n) is 7.81. The van der Waals surface area contributed by atoms with Gasteiger partial charge in [-0.05, 0) is 46.7 Å². The summed E-state index contributed by atoms with van der Waals surface area (Å²) in [5.41, 5.74) is 4.92. The molecule has 2 fully saturated rings. The van der Waals surface area contributed by atoms with Crippen LogP contribution in [0.15, 0.2) is 97.2 Å². The van der Waals surface area contributed by atoms with Gasteiger partial charge in [0.2, 0.25) is 5.91 Å². The first-order valence-corrected chi connectivity index (χ1v) is 13.5. The van der Waals surface area contributed by atoms with Crippen molar-refractivity contribution in [2.24, 2.45) is 0 Å². The Balaban J connectivity index is 1.24. The number of fused-ring (bicyclic) bond motifs is 2. The number of rotatable bonds is 5. The maximum atomic E-state index is 13.1. The number of para-hydroxylation sites is 1. The summed E-state index contributed by atoms with van der Waals surface area (Å²) in [5.74, 6) is -0.186. The Labute approximate surface area is 230 Å². The third-order valence-corrected chi connectivity index (χ3v) is 8.24. The van der Waals surface area contributed by atoms with Crippen molar-refractivity contribution in [3.05, 3.63) is 108 Å². The van der Waals surface area contributed by atoms with E-state index in [9.17, 15) is 9.59 Å². The van der Waals surface area contributed by atoms with Crippen molar-refractivity contribution >= 4 is 56.5 Å². The van der Waals surface area contributed by atoms with E-state index in [4.69, 9.17) is 16.3 Å². The molecule has 39 heavy (non-hydrogen) atoms. The number of β-lactam (4-membered cyclic amide) rings is 1. The van der Waals surface area contributed by atoms with Gasteiger partial charge in [-0.25, -0.2) is 0 Å². The second-order valence-electron chi connectivity index (χ2n) is 10.0. The largest absolute Gasteiger partial charge is 0.370 e. The highest BCUT2D eigenvalue weighted by Gasteiger charge is 2.49. The van der Waals surface area contributed by atoms with Crippen molar-refractivity contribution in [2.75, 3.05) is 29.6 Å². The van der Waals surface area contributed by atoms with E-state index >= 15 is 0 Å². The van der Waals surface area contributed by atoms with Crippen LogP contribution < -0.4 is 9.80 Å². The van der Waals surface area contributed by atoms with Crippen LogP contribution in [0.4, 0.5) is 11.4 Å². The second-order valence-corrected chi connectivity index (χ2v) is 10.5. The molecule has 2 amide bonds. The molecule has 1 aromatic heterocycles. The van der Waals surface area contributed by atoms with E-state index in [1.54, 1.807) is 9.80 Å². The number of hydrogen-bond acceptors (Lipinski definition) is 3. The van der Waals surface area contributed by atoms with Gasteiger partial charge in [0.05, 0.1) is 12.6 Å². The number of benzene rings is 4. The number of aromatic nitrogens is 1. The summed E-state index contributed by atoms with van der Waals surface area (Å²) in [4.78, 5) is 28.8. The Morgan fingerprint density at radius 1 is 0.821 bits per heavy atom. The van der Waals surface area contributed by atoms with Gasteiger partial charge in [-0.1, -0.05) is 60.7 Å². The van der Waals surface area contributed by atoms with E-state index in [2.05, 4.69) is 65.4 Å². The third kappa shape index (κ3) is 3.99. The van der Waals surface area contributed by atoms with Crippen LogP contribution in [-0.2, 0) is 20.9 Å². The molecule has 2 unspecified atom stereocenters. The molecule has 4 aromatic carbocycles. The monoisotopic (exact) mass is 535 g/mol. The summed E-state index contributed by atoms with van der Waals surface area (Å²) in [6.45, 7) is 1.82. The number of amides is 2. The maximum absolute atomic E-state index is 13.1. The van der Waals surface area contributed by atoms with Gasteiger partial charge in [-0.2, -0.15) is 0 Å². The second kappa shape index (κ2) is 9.56. The van der Waals surface area contributed by atoms with E-state index in [0.717, 1.165) is 27.8 Å². The van der Waals surface area contributed by atoms with E-state index in [1.165, 1.54) is 16.3 Å². The van der Waals surface area contributed by atoms with Gasteiger partial charge in [0.1, 0.15) is 12.0 Å². The predicted molar refractivity (Wildman–Crippen MR) is 154 cm³/mol. The van der Waals surface area contributed by atoms with E-state index in [0.29, 0.717) is 19.7 Å². The van der Waals surface area contributed by atoms with Crippen molar-refractivity contribution in [3.63, 3.8) is 0 Å². The summed E-state index contributed by atoms with van der Waals surface area (Å²) in [6.07, 6.45) is 2.15. The molecule has 2 saturated heterocycles. The van der Waals surface area contributed by atoms with Gasteiger partial charge in [0, 0.05) is 47.1 Å². The lowest BCUT2D eigenvalue weighted by Crippen LogP contribution is -2.56. The summed E-state index contributed by atoms with van der Waals surface area (Å²) < 4.78 is 7.50. The zero-order valence-corrected chi connectivity index (χ0v) is 21.9. The molecule has 2 aliphatic rings. The maximum Gasteiger partial charge on any atom is 0.253 e. The van der Waals surface area contributed by atoms with Crippen molar-refractivity contribution in [3.8, 4) is 0 Å². The standard InChI is InChI=1S/C32H26ClN3O3/c33-30-31(36(32(30)38)24-14-12-23(13-15-24)35-16-17-39-20-29(35)37)27-19-34(28-11-4-3-10-26(27)28)18-22-8-5-7-21-6-1-2-9-25(21)22/h1-15,19,30-31H,16-18,20H2. The fourth-order valence-electron chi connectivity index (χ4n) is 5.88. The normalized spacial score (nSPS) is 19.6. The lowest BCUT2D eigenvalue weighted by Gasteiger charge is -2.44.